The molecule has 0 amide bonds. The van der Waals surface area contributed by atoms with E-state index in [1.165, 1.54) is 61.2 Å². The maximum atomic E-state index is 3.78. The summed E-state index contributed by atoms with van der Waals surface area (Å²) < 4.78 is 1.10. The zero-order valence-electron chi connectivity index (χ0n) is 18.3. The normalized spacial score (nSPS) is 14.0. The van der Waals surface area contributed by atoms with Crippen molar-refractivity contribution in [1.82, 2.24) is 0 Å². The van der Waals surface area contributed by atoms with Crippen molar-refractivity contribution in [1.29, 1.82) is 0 Å². The highest BCUT2D eigenvalue weighted by molar-refractivity contribution is 9.10. The highest BCUT2D eigenvalue weighted by Gasteiger charge is 2.49. The Labute approximate surface area is 202 Å². The fraction of sp³-hybridized carbons (Fsp3) is 0.0625. The Kier molecular flexibility index (Phi) is 3.93. The van der Waals surface area contributed by atoms with Crippen LogP contribution in [0.25, 0.3) is 33.4 Å². The van der Waals surface area contributed by atoms with Crippen molar-refractivity contribution >= 4 is 15.9 Å². The second-order valence-electron chi connectivity index (χ2n) is 9.13. The molecule has 0 atom stereocenters. The van der Waals surface area contributed by atoms with Gasteiger partial charge in [0.05, 0.1) is 5.41 Å². The van der Waals surface area contributed by atoms with Gasteiger partial charge in [-0.25, -0.2) is 0 Å². The number of halogens is 1. The third-order valence-electron chi connectivity index (χ3n) is 7.42. The van der Waals surface area contributed by atoms with Gasteiger partial charge in [-0.05, 0) is 74.7 Å². The number of fused-ring (bicyclic) bond motifs is 12. The lowest BCUT2D eigenvalue weighted by molar-refractivity contribution is 0.775. The van der Waals surface area contributed by atoms with Gasteiger partial charge in [-0.1, -0.05) is 119 Å². The lowest BCUT2D eigenvalue weighted by Crippen LogP contribution is -2.29. The predicted octanol–water partition coefficient (Wildman–Crippen LogP) is 8.77. The molecule has 0 saturated heterocycles. The Morgan fingerprint density at radius 2 is 0.909 bits per heavy atom. The maximum absolute atomic E-state index is 3.78. The number of hydrogen-bond donors (Lipinski definition) is 0. The molecular formula is C32H21Br. The summed E-state index contributed by atoms with van der Waals surface area (Å²) in [4.78, 5) is 0. The number of hydrogen-bond acceptors (Lipinski definition) is 0. The third kappa shape index (κ3) is 2.41. The van der Waals surface area contributed by atoms with E-state index in [9.17, 15) is 0 Å². The van der Waals surface area contributed by atoms with E-state index in [4.69, 9.17) is 0 Å². The van der Waals surface area contributed by atoms with Gasteiger partial charge in [-0.3, -0.25) is 0 Å². The standard InChI is InChI=1S/C32H21Br/c1-20-14-16-30-26(18-20)22-8-2-3-9-23(22)27-19-21(33)15-17-31(27)32(30)28-12-6-4-10-24(28)25-11-5-7-13-29(25)32/h2-19H,1H3. The van der Waals surface area contributed by atoms with Gasteiger partial charge >= 0.3 is 0 Å². The van der Waals surface area contributed by atoms with Gasteiger partial charge in [-0.2, -0.15) is 0 Å². The topological polar surface area (TPSA) is 0 Å². The molecule has 0 aliphatic heterocycles. The summed E-state index contributed by atoms with van der Waals surface area (Å²) in [5.74, 6) is 0. The van der Waals surface area contributed by atoms with Crippen molar-refractivity contribution in [3.63, 3.8) is 0 Å². The van der Waals surface area contributed by atoms with Crippen molar-refractivity contribution in [3.8, 4) is 33.4 Å². The van der Waals surface area contributed by atoms with Crippen LogP contribution in [-0.4, -0.2) is 0 Å². The fourth-order valence-corrected chi connectivity index (χ4v) is 6.55. The molecule has 0 radical (unpaired) electrons. The smallest absolute Gasteiger partial charge is 0.0619 e. The summed E-state index contributed by atoms with van der Waals surface area (Å²) >= 11 is 3.78. The van der Waals surface area contributed by atoms with Crippen LogP contribution in [0.4, 0.5) is 0 Å². The van der Waals surface area contributed by atoms with Crippen molar-refractivity contribution in [2.45, 2.75) is 12.3 Å². The molecule has 0 saturated carbocycles. The zero-order chi connectivity index (χ0) is 22.2. The molecule has 0 unspecified atom stereocenters. The molecular weight excluding hydrogens is 464 g/mol. The van der Waals surface area contributed by atoms with Crippen LogP contribution in [0.1, 0.15) is 27.8 Å². The summed E-state index contributed by atoms with van der Waals surface area (Å²) in [5, 5.41) is 0. The van der Waals surface area contributed by atoms with E-state index >= 15 is 0 Å². The van der Waals surface area contributed by atoms with E-state index in [1.807, 2.05) is 0 Å². The van der Waals surface area contributed by atoms with Crippen molar-refractivity contribution in [2.75, 3.05) is 0 Å². The van der Waals surface area contributed by atoms with Gasteiger partial charge < -0.3 is 0 Å². The second-order valence-corrected chi connectivity index (χ2v) is 10.0. The minimum atomic E-state index is -0.370. The Balaban J connectivity index is 1.78. The van der Waals surface area contributed by atoms with Gasteiger partial charge in [0.2, 0.25) is 0 Å². The lowest BCUT2D eigenvalue weighted by atomic mass is 9.66. The SMILES string of the molecule is Cc1ccc2c(c1)-c1ccccc1-c1cc(Br)ccc1C21c2ccccc2-c2ccccc21. The molecule has 5 aromatic carbocycles. The molecule has 0 fully saturated rings. The minimum absolute atomic E-state index is 0.370. The third-order valence-corrected chi connectivity index (χ3v) is 7.92. The highest BCUT2D eigenvalue weighted by Crippen LogP contribution is 2.61. The average molecular weight is 485 g/mol. The van der Waals surface area contributed by atoms with E-state index in [2.05, 4.69) is 132 Å². The quantitative estimate of drug-likeness (QED) is 0.201. The lowest BCUT2D eigenvalue weighted by Gasteiger charge is -2.35. The van der Waals surface area contributed by atoms with Crippen LogP contribution in [0.5, 0.6) is 0 Å². The first-order valence-electron chi connectivity index (χ1n) is 11.4. The summed E-state index contributed by atoms with van der Waals surface area (Å²) in [7, 11) is 0. The van der Waals surface area contributed by atoms with Crippen LogP contribution in [0.15, 0.2) is 114 Å². The second kappa shape index (κ2) is 6.79. The first-order chi connectivity index (χ1) is 16.2. The van der Waals surface area contributed by atoms with Crippen molar-refractivity contribution < 1.29 is 0 Å². The van der Waals surface area contributed by atoms with Crippen LogP contribution >= 0.6 is 15.9 Å². The molecule has 7 rings (SSSR count). The largest absolute Gasteiger partial charge is 0.0725 e. The summed E-state index contributed by atoms with van der Waals surface area (Å²) in [6.07, 6.45) is 0. The minimum Gasteiger partial charge on any atom is -0.0619 e. The monoisotopic (exact) mass is 484 g/mol. The van der Waals surface area contributed by atoms with Gasteiger partial charge in [0.15, 0.2) is 0 Å². The van der Waals surface area contributed by atoms with Crippen LogP contribution < -0.4 is 0 Å². The summed E-state index contributed by atoms with van der Waals surface area (Å²) in [6.45, 7) is 2.20. The summed E-state index contributed by atoms with van der Waals surface area (Å²) in [5.41, 5.74) is 14.2. The van der Waals surface area contributed by atoms with Gasteiger partial charge in [0.25, 0.3) is 0 Å². The molecule has 0 heterocycles. The molecule has 0 aromatic heterocycles. The number of benzene rings is 5. The Hall–Kier alpha value is -3.42. The van der Waals surface area contributed by atoms with Crippen LogP contribution in [0, 0.1) is 6.92 Å². The van der Waals surface area contributed by atoms with E-state index in [0.717, 1.165) is 4.47 Å². The van der Waals surface area contributed by atoms with Crippen LogP contribution in [0.3, 0.4) is 0 Å². The van der Waals surface area contributed by atoms with E-state index < -0.39 is 0 Å². The molecule has 1 heteroatoms. The predicted molar refractivity (Wildman–Crippen MR) is 141 cm³/mol. The van der Waals surface area contributed by atoms with Gasteiger partial charge in [0.1, 0.15) is 0 Å². The van der Waals surface area contributed by atoms with Crippen LogP contribution in [0.2, 0.25) is 0 Å². The number of rotatable bonds is 0. The van der Waals surface area contributed by atoms with Gasteiger partial charge in [0, 0.05) is 4.47 Å². The molecule has 5 aromatic rings. The van der Waals surface area contributed by atoms with E-state index in [0.29, 0.717) is 0 Å². The number of aryl methyl sites for hydroxylation is 1. The molecule has 2 aliphatic rings. The highest BCUT2D eigenvalue weighted by atomic mass is 79.9. The molecule has 156 valence electrons. The molecule has 0 nitrogen and oxygen atoms in total. The molecule has 0 N–H and O–H groups in total. The van der Waals surface area contributed by atoms with E-state index in [1.54, 1.807) is 0 Å². The Morgan fingerprint density at radius 1 is 0.455 bits per heavy atom. The van der Waals surface area contributed by atoms with E-state index in [-0.39, 0.29) is 5.41 Å². The molecule has 0 bridgehead atoms. The Morgan fingerprint density at radius 3 is 1.52 bits per heavy atom. The van der Waals surface area contributed by atoms with Crippen molar-refractivity contribution in [3.05, 3.63) is 141 Å². The van der Waals surface area contributed by atoms with Gasteiger partial charge in [-0.15, -0.1) is 0 Å². The molecule has 33 heavy (non-hydrogen) atoms. The average Bonchev–Trinajstić information content (AvgIpc) is 3.10. The fourth-order valence-electron chi connectivity index (χ4n) is 6.19. The first kappa shape index (κ1) is 19.1. The zero-order valence-corrected chi connectivity index (χ0v) is 19.9. The molecule has 2 aliphatic carbocycles. The first-order valence-corrected chi connectivity index (χ1v) is 12.2. The van der Waals surface area contributed by atoms with Crippen molar-refractivity contribution in [2.24, 2.45) is 0 Å². The molecule has 1 spiro atoms. The Bertz CT molecular complexity index is 1470. The van der Waals surface area contributed by atoms with Crippen LogP contribution in [-0.2, 0) is 5.41 Å². The summed E-state index contributed by atoms with van der Waals surface area (Å²) in [6, 6.07) is 40.7. The maximum Gasteiger partial charge on any atom is 0.0725 e.